The second-order valence-corrected chi connectivity index (χ2v) is 1.68. The summed E-state index contributed by atoms with van der Waals surface area (Å²) in [5.41, 5.74) is 0. The van der Waals surface area contributed by atoms with Gasteiger partial charge in [0.05, 0.1) is 6.04 Å². The third kappa shape index (κ3) is 0.660. The van der Waals surface area contributed by atoms with Gasteiger partial charge in [-0.25, -0.2) is 0 Å². The van der Waals surface area contributed by atoms with Crippen molar-refractivity contribution in [3.8, 4) is 0 Å². The molecule has 0 amide bonds. The molecule has 7 heavy (non-hydrogen) atoms. The molecule has 0 radical (unpaired) electrons. The van der Waals surface area contributed by atoms with Gasteiger partial charge in [-0.2, -0.15) is 0 Å². The van der Waals surface area contributed by atoms with Crippen LogP contribution in [0.25, 0.3) is 0 Å². The van der Waals surface area contributed by atoms with Crippen LogP contribution in [-0.4, -0.2) is 17.5 Å². The lowest BCUT2D eigenvalue weighted by Crippen LogP contribution is -1.84. The number of rotatable bonds is 2. The predicted octanol–water partition coefficient (Wildman–Crippen LogP) is 1.00. The maximum atomic E-state index is 3.63. The van der Waals surface area contributed by atoms with E-state index >= 15 is 0 Å². The first-order valence-corrected chi connectivity index (χ1v) is 2.39. The van der Waals surface area contributed by atoms with E-state index in [4.69, 9.17) is 0 Å². The zero-order chi connectivity index (χ0) is 5.28. The molecule has 1 rings (SSSR count). The fraction of sp³-hybridized carbons (Fsp3) is 0.333. The average molecular weight is 95.1 g/mol. The lowest BCUT2D eigenvalue weighted by molar-refractivity contribution is 0.732. The van der Waals surface area contributed by atoms with Gasteiger partial charge < -0.3 is 4.90 Å². The second kappa shape index (κ2) is 1.41. The summed E-state index contributed by atoms with van der Waals surface area (Å²) in [4.78, 5) is 2.12. The molecule has 0 aromatic carbocycles. The Kier molecular flexibility index (Phi) is 0.895. The summed E-state index contributed by atoms with van der Waals surface area (Å²) >= 11 is 0. The third-order valence-electron chi connectivity index (χ3n) is 1.20. The van der Waals surface area contributed by atoms with Crippen LogP contribution >= 0.6 is 0 Å². The molecule has 1 atom stereocenters. The van der Waals surface area contributed by atoms with Crippen molar-refractivity contribution < 1.29 is 0 Å². The van der Waals surface area contributed by atoms with E-state index in [1.165, 1.54) is 0 Å². The van der Waals surface area contributed by atoms with Gasteiger partial charge in [0.1, 0.15) is 0 Å². The van der Waals surface area contributed by atoms with Gasteiger partial charge >= 0.3 is 0 Å². The molecular weight excluding hydrogens is 86.1 g/mol. The molecule has 0 bridgehead atoms. The van der Waals surface area contributed by atoms with Gasteiger partial charge in [0, 0.05) is 6.54 Å². The number of hydrogen-bond acceptors (Lipinski definition) is 1. The summed E-state index contributed by atoms with van der Waals surface area (Å²) in [5, 5.41) is 0. The quantitative estimate of drug-likeness (QED) is 0.365. The van der Waals surface area contributed by atoms with Crippen molar-refractivity contribution in [2.24, 2.45) is 0 Å². The van der Waals surface area contributed by atoms with Crippen molar-refractivity contribution in [3.05, 3.63) is 25.4 Å². The van der Waals surface area contributed by atoms with Crippen LogP contribution in [0.2, 0.25) is 0 Å². The fourth-order valence-electron chi connectivity index (χ4n) is 0.589. The van der Waals surface area contributed by atoms with E-state index in [2.05, 4.69) is 18.1 Å². The average Bonchev–Trinajstić information content (AvgIpc) is 2.43. The minimum absolute atomic E-state index is 0.595. The van der Waals surface area contributed by atoms with Gasteiger partial charge in [-0.05, 0) is 6.20 Å². The van der Waals surface area contributed by atoms with Crippen molar-refractivity contribution in [3.63, 3.8) is 0 Å². The minimum atomic E-state index is 0.595. The maximum Gasteiger partial charge on any atom is 0.0641 e. The largest absolute Gasteiger partial charge is 0.367 e. The van der Waals surface area contributed by atoms with E-state index in [0.29, 0.717) is 6.04 Å². The van der Waals surface area contributed by atoms with Crippen molar-refractivity contribution in [2.75, 3.05) is 6.54 Å². The van der Waals surface area contributed by atoms with E-state index in [1.807, 2.05) is 12.3 Å². The van der Waals surface area contributed by atoms with Gasteiger partial charge in [-0.3, -0.25) is 0 Å². The lowest BCUT2D eigenvalue weighted by Gasteiger charge is -1.85. The summed E-state index contributed by atoms with van der Waals surface area (Å²) in [7, 11) is 0. The highest BCUT2D eigenvalue weighted by Crippen LogP contribution is 2.16. The van der Waals surface area contributed by atoms with Crippen LogP contribution < -0.4 is 0 Å². The molecule has 0 aromatic rings. The van der Waals surface area contributed by atoms with Crippen LogP contribution in [0.1, 0.15) is 0 Å². The van der Waals surface area contributed by atoms with Crippen molar-refractivity contribution >= 4 is 0 Å². The zero-order valence-electron chi connectivity index (χ0n) is 4.30. The number of hydrogen-bond donors (Lipinski definition) is 0. The van der Waals surface area contributed by atoms with E-state index in [1.54, 1.807) is 0 Å². The Morgan fingerprint density at radius 3 is 2.43 bits per heavy atom. The van der Waals surface area contributed by atoms with Crippen LogP contribution in [-0.2, 0) is 0 Å². The molecule has 1 aliphatic heterocycles. The van der Waals surface area contributed by atoms with E-state index in [9.17, 15) is 0 Å². The van der Waals surface area contributed by atoms with Crippen molar-refractivity contribution in [1.29, 1.82) is 0 Å². The smallest absolute Gasteiger partial charge is 0.0641 e. The molecule has 38 valence electrons. The molecule has 1 heterocycles. The Balaban J connectivity index is 2.30. The van der Waals surface area contributed by atoms with Crippen LogP contribution in [0.3, 0.4) is 0 Å². The first-order valence-electron chi connectivity index (χ1n) is 2.39. The van der Waals surface area contributed by atoms with Gasteiger partial charge in [0.15, 0.2) is 0 Å². The molecule has 1 aliphatic rings. The minimum Gasteiger partial charge on any atom is -0.367 e. The summed E-state index contributed by atoms with van der Waals surface area (Å²) in [6.07, 6.45) is 3.77. The Hall–Kier alpha value is -0.720. The highest BCUT2D eigenvalue weighted by Gasteiger charge is 2.25. The van der Waals surface area contributed by atoms with Crippen molar-refractivity contribution in [2.45, 2.75) is 6.04 Å². The highest BCUT2D eigenvalue weighted by atomic mass is 15.3. The molecule has 1 unspecified atom stereocenters. The molecule has 0 aromatic heterocycles. The summed E-state index contributed by atoms with van der Waals surface area (Å²) < 4.78 is 0. The second-order valence-electron chi connectivity index (χ2n) is 1.68. The first kappa shape index (κ1) is 4.44. The van der Waals surface area contributed by atoms with Crippen LogP contribution in [0.4, 0.5) is 0 Å². The maximum absolute atomic E-state index is 3.63. The Morgan fingerprint density at radius 1 is 1.57 bits per heavy atom. The zero-order valence-corrected chi connectivity index (χ0v) is 4.30. The van der Waals surface area contributed by atoms with E-state index in [0.717, 1.165) is 6.54 Å². The summed E-state index contributed by atoms with van der Waals surface area (Å²) in [6.45, 7) is 8.35. The molecule has 0 aliphatic carbocycles. The monoisotopic (exact) mass is 95.1 g/mol. The number of nitrogens with zero attached hydrogens (tertiary/aromatic N) is 1. The van der Waals surface area contributed by atoms with E-state index < -0.39 is 0 Å². The predicted molar refractivity (Wildman–Crippen MR) is 30.9 cm³/mol. The lowest BCUT2D eigenvalue weighted by atomic mass is 10.5. The van der Waals surface area contributed by atoms with Crippen LogP contribution in [0.5, 0.6) is 0 Å². The SMILES string of the molecule is C=CC1CN1C=C. The Morgan fingerprint density at radius 2 is 2.29 bits per heavy atom. The van der Waals surface area contributed by atoms with E-state index in [-0.39, 0.29) is 0 Å². The molecule has 1 nitrogen and oxygen atoms in total. The third-order valence-corrected chi connectivity index (χ3v) is 1.20. The standard InChI is InChI=1S/C6H9N/c1-3-6-5-7(6)4-2/h3-4,6H,1-2,5H2. The van der Waals surface area contributed by atoms with Gasteiger partial charge in [-0.1, -0.05) is 12.7 Å². The highest BCUT2D eigenvalue weighted by molar-refractivity contribution is 5.05. The van der Waals surface area contributed by atoms with Gasteiger partial charge in [0.25, 0.3) is 0 Å². The van der Waals surface area contributed by atoms with Gasteiger partial charge in [-0.15, -0.1) is 6.58 Å². The molecule has 0 N–H and O–H groups in total. The normalized spacial score (nSPS) is 26.9. The Labute approximate surface area is 43.9 Å². The first-order chi connectivity index (χ1) is 3.38. The molecular formula is C6H9N. The molecule has 0 spiro atoms. The summed E-state index contributed by atoms with van der Waals surface area (Å²) in [5.74, 6) is 0. The molecule has 0 saturated carbocycles. The van der Waals surface area contributed by atoms with Gasteiger partial charge in [0.2, 0.25) is 0 Å². The Bertz CT molecular complexity index is 84.4. The molecule has 1 saturated heterocycles. The van der Waals surface area contributed by atoms with Crippen LogP contribution in [0.15, 0.2) is 25.4 Å². The topological polar surface area (TPSA) is 3.01 Å². The molecule has 1 fully saturated rings. The summed E-state index contributed by atoms with van der Waals surface area (Å²) in [6, 6.07) is 0.595. The fourth-order valence-corrected chi connectivity index (χ4v) is 0.589. The van der Waals surface area contributed by atoms with Crippen molar-refractivity contribution in [1.82, 2.24) is 4.90 Å². The molecule has 1 heteroatoms. The van der Waals surface area contributed by atoms with Crippen LogP contribution in [0, 0.1) is 0 Å².